The van der Waals surface area contributed by atoms with Crippen molar-refractivity contribution < 1.29 is 24.0 Å². The molecule has 12 heteroatoms. The Morgan fingerprint density at radius 2 is 1.92 bits per heavy atom. The van der Waals surface area contributed by atoms with Crippen LogP contribution in [0.5, 0.6) is 0 Å². The molecule has 0 aromatic heterocycles. The minimum Gasteiger partial charge on any atom is -0.464 e. The number of benzene rings is 1. The molecule has 1 saturated heterocycles. The maximum Gasteiger partial charge on any atom is 0.355 e. The van der Waals surface area contributed by atoms with E-state index in [2.05, 4.69) is 15.1 Å². The first-order chi connectivity index (χ1) is 11.9. The van der Waals surface area contributed by atoms with Gasteiger partial charge in [0.2, 0.25) is 5.91 Å². The third-order valence-corrected chi connectivity index (χ3v) is 3.83. The summed E-state index contributed by atoms with van der Waals surface area (Å²) in [5.41, 5.74) is -0.573. The Morgan fingerprint density at radius 3 is 2.44 bits per heavy atom. The average molecular weight is 347 g/mol. The molecule has 2 heterocycles. The molecule has 0 radical (unpaired) electrons. The maximum atomic E-state index is 12.6. The summed E-state index contributed by atoms with van der Waals surface area (Å²) >= 11 is 0. The summed E-state index contributed by atoms with van der Waals surface area (Å²) in [5.74, 6) is -3.94. The number of imide groups is 1. The zero-order valence-electron chi connectivity index (χ0n) is 12.6. The van der Waals surface area contributed by atoms with Crippen molar-refractivity contribution in [2.24, 2.45) is 16.3 Å². The van der Waals surface area contributed by atoms with Gasteiger partial charge in [0.25, 0.3) is 11.6 Å². The van der Waals surface area contributed by atoms with Crippen LogP contribution in [-0.4, -0.2) is 46.7 Å². The van der Waals surface area contributed by atoms with Crippen molar-refractivity contribution in [3.05, 3.63) is 39.3 Å². The van der Waals surface area contributed by atoms with Gasteiger partial charge < -0.3 is 4.74 Å². The molecule has 1 aromatic carbocycles. The van der Waals surface area contributed by atoms with E-state index in [-0.39, 0.29) is 11.4 Å². The third-order valence-electron chi connectivity index (χ3n) is 3.83. The molecule has 2 unspecified atom stereocenters. The van der Waals surface area contributed by atoms with Crippen molar-refractivity contribution >= 4 is 34.9 Å². The summed E-state index contributed by atoms with van der Waals surface area (Å²) in [7, 11) is 1.06. The number of non-ortho nitro benzene ring substituents is 1. The van der Waals surface area contributed by atoms with Crippen molar-refractivity contribution in [1.82, 2.24) is 5.12 Å². The van der Waals surface area contributed by atoms with E-state index < -0.39 is 40.4 Å². The van der Waals surface area contributed by atoms with Gasteiger partial charge in [0, 0.05) is 12.1 Å². The van der Waals surface area contributed by atoms with Crippen LogP contribution in [0, 0.1) is 20.9 Å². The van der Waals surface area contributed by atoms with E-state index in [1.54, 1.807) is 0 Å². The van der Waals surface area contributed by atoms with Crippen LogP contribution in [0.3, 0.4) is 0 Å². The number of esters is 1. The molecule has 128 valence electrons. The van der Waals surface area contributed by atoms with Gasteiger partial charge in [0.05, 0.1) is 23.0 Å². The molecule has 12 nitrogen and oxygen atoms in total. The number of rotatable bonds is 4. The molecule has 2 aliphatic rings. The molecule has 0 saturated carbocycles. The minimum atomic E-state index is -1.39. The highest BCUT2D eigenvalue weighted by atomic mass is 16.6. The van der Waals surface area contributed by atoms with Gasteiger partial charge in [0.1, 0.15) is 5.92 Å². The smallest absolute Gasteiger partial charge is 0.355 e. The number of fused-ring (bicyclic) bond motifs is 1. The summed E-state index contributed by atoms with van der Waals surface area (Å²) in [4.78, 5) is 58.6. The first-order valence-electron chi connectivity index (χ1n) is 6.82. The Bertz CT molecular complexity index is 834. The van der Waals surface area contributed by atoms with Crippen molar-refractivity contribution in [3.8, 4) is 0 Å². The highest BCUT2D eigenvalue weighted by molar-refractivity contribution is 6.46. The Labute approximate surface area is 138 Å². The van der Waals surface area contributed by atoms with E-state index in [0.29, 0.717) is 5.12 Å². The molecule has 0 bridgehead atoms. The van der Waals surface area contributed by atoms with Crippen LogP contribution in [0.15, 0.2) is 34.7 Å². The molecule has 3 rings (SSSR count). The number of methoxy groups -OCH3 is 1. The lowest BCUT2D eigenvalue weighted by molar-refractivity contribution is -0.384. The van der Waals surface area contributed by atoms with E-state index in [4.69, 9.17) is 0 Å². The number of nitro groups is 1. The van der Waals surface area contributed by atoms with E-state index in [9.17, 15) is 29.4 Å². The number of hydrogen-bond donors (Lipinski definition) is 0. The monoisotopic (exact) mass is 347 g/mol. The normalized spacial score (nSPS) is 21.9. The van der Waals surface area contributed by atoms with Crippen LogP contribution >= 0.6 is 0 Å². The van der Waals surface area contributed by atoms with E-state index in [0.717, 1.165) is 24.1 Å². The van der Waals surface area contributed by atoms with Gasteiger partial charge in [-0.2, -0.15) is 0 Å². The van der Waals surface area contributed by atoms with Gasteiger partial charge in [0.15, 0.2) is 11.8 Å². The zero-order valence-corrected chi connectivity index (χ0v) is 12.6. The summed E-state index contributed by atoms with van der Waals surface area (Å²) < 4.78 is 4.50. The minimum absolute atomic E-state index is 0.0602. The predicted octanol–water partition coefficient (Wildman–Crippen LogP) is -0.0212. The molecular formula is C13H9N5O7. The third kappa shape index (κ3) is 2.31. The SMILES string of the molecule is COC(=O)C1=NN(N=O)C2C(=O)N(c3ccc([N+](=O)[O-])cc3)C(=O)C12. The highest BCUT2D eigenvalue weighted by Gasteiger charge is 2.59. The number of nitroso groups, excluding NO2 is 1. The fourth-order valence-electron chi connectivity index (χ4n) is 2.71. The number of carbonyl (C=O) groups excluding carboxylic acids is 3. The van der Waals surface area contributed by atoms with Crippen molar-refractivity contribution in [2.45, 2.75) is 6.04 Å². The van der Waals surface area contributed by atoms with Crippen LogP contribution < -0.4 is 4.90 Å². The molecule has 0 aliphatic carbocycles. The second kappa shape index (κ2) is 5.74. The largest absolute Gasteiger partial charge is 0.464 e. The number of hydrogen-bond acceptors (Lipinski definition) is 9. The number of amides is 2. The van der Waals surface area contributed by atoms with Crippen LogP contribution in [-0.2, 0) is 19.1 Å². The van der Waals surface area contributed by atoms with Crippen LogP contribution in [0.2, 0.25) is 0 Å². The second-order valence-corrected chi connectivity index (χ2v) is 5.09. The van der Waals surface area contributed by atoms with Gasteiger partial charge >= 0.3 is 5.97 Å². The maximum absolute atomic E-state index is 12.6. The number of nitro benzene ring substituents is 1. The Hall–Kier alpha value is -3.70. The van der Waals surface area contributed by atoms with Crippen molar-refractivity contribution in [1.29, 1.82) is 0 Å². The second-order valence-electron chi connectivity index (χ2n) is 5.09. The molecule has 1 fully saturated rings. The highest BCUT2D eigenvalue weighted by Crippen LogP contribution is 2.35. The fraction of sp³-hybridized carbons (Fsp3) is 0.231. The van der Waals surface area contributed by atoms with Gasteiger partial charge in [-0.1, -0.05) is 0 Å². The van der Waals surface area contributed by atoms with Crippen molar-refractivity contribution in [2.75, 3.05) is 12.0 Å². The topological polar surface area (TPSA) is 152 Å². The molecule has 2 amide bonds. The molecule has 2 aliphatic heterocycles. The summed E-state index contributed by atoms with van der Waals surface area (Å²) in [6.45, 7) is 0. The van der Waals surface area contributed by atoms with E-state index in [1.807, 2.05) is 0 Å². The molecule has 0 N–H and O–H groups in total. The lowest BCUT2D eigenvalue weighted by atomic mass is 9.98. The van der Waals surface area contributed by atoms with E-state index >= 15 is 0 Å². The van der Waals surface area contributed by atoms with Crippen molar-refractivity contribution in [3.63, 3.8) is 0 Å². The predicted molar refractivity (Wildman–Crippen MR) is 80.0 cm³/mol. The van der Waals surface area contributed by atoms with Crippen LogP contribution in [0.4, 0.5) is 11.4 Å². The van der Waals surface area contributed by atoms with Gasteiger partial charge in [-0.25, -0.2) is 9.69 Å². The quantitative estimate of drug-likeness (QED) is 0.242. The molecular weight excluding hydrogens is 338 g/mol. The first kappa shape index (κ1) is 16.2. The summed E-state index contributed by atoms with van der Waals surface area (Å²) in [6.07, 6.45) is 0. The number of nitrogens with zero attached hydrogens (tertiary/aromatic N) is 5. The number of hydrazone groups is 1. The first-order valence-corrected chi connectivity index (χ1v) is 6.82. The number of anilines is 1. The fourth-order valence-corrected chi connectivity index (χ4v) is 2.71. The van der Waals surface area contributed by atoms with Crippen LogP contribution in [0.1, 0.15) is 0 Å². The Balaban J connectivity index is 2.00. The lowest BCUT2D eigenvalue weighted by Gasteiger charge is -2.16. The molecule has 1 aromatic rings. The number of carbonyl (C=O) groups is 3. The average Bonchev–Trinajstić information content (AvgIpc) is 3.11. The van der Waals surface area contributed by atoms with E-state index in [1.165, 1.54) is 12.1 Å². The molecule has 2 atom stereocenters. The summed E-state index contributed by atoms with van der Waals surface area (Å²) in [5, 5.41) is 17.3. The molecule has 25 heavy (non-hydrogen) atoms. The lowest BCUT2D eigenvalue weighted by Crippen LogP contribution is -2.36. The van der Waals surface area contributed by atoms with Gasteiger partial charge in [-0.3, -0.25) is 19.7 Å². The van der Waals surface area contributed by atoms with Gasteiger partial charge in [-0.05, 0) is 12.1 Å². The molecule has 0 spiro atoms. The standard InChI is InChI=1S/C13H9N5O7/c1-25-13(21)9-8-10(17(14-9)15-22)12(20)16(11(8)19)6-2-4-7(5-3-6)18(23)24/h2-5,8,10H,1H3. The zero-order chi connectivity index (χ0) is 18.3. The van der Waals surface area contributed by atoms with Gasteiger partial charge in [-0.15, -0.1) is 15.1 Å². The summed E-state index contributed by atoms with van der Waals surface area (Å²) in [6, 6.07) is 3.27. The van der Waals surface area contributed by atoms with Crippen LogP contribution in [0.25, 0.3) is 0 Å². The Kier molecular flexibility index (Phi) is 3.71. The Morgan fingerprint density at radius 1 is 1.28 bits per heavy atom. The number of ether oxygens (including phenoxy) is 1.